The number of anilines is 3. The van der Waals surface area contributed by atoms with E-state index in [1.165, 1.54) is 0 Å². The zero-order valence-corrected chi connectivity index (χ0v) is 10.4. The molecule has 96 valence electrons. The number of H-pyrrole nitrogens is 1. The lowest BCUT2D eigenvalue weighted by atomic mass is 10.2. The normalized spacial score (nSPS) is 10.8. The Kier molecular flexibility index (Phi) is 2.52. The molecule has 0 aliphatic carbocycles. The molecule has 0 bridgehead atoms. The van der Waals surface area contributed by atoms with E-state index in [2.05, 4.69) is 10.3 Å². The lowest BCUT2D eigenvalue weighted by molar-refractivity contribution is 0.555. The van der Waals surface area contributed by atoms with E-state index in [-0.39, 0.29) is 0 Å². The Morgan fingerprint density at radius 1 is 1.21 bits per heavy atom. The van der Waals surface area contributed by atoms with Crippen LogP contribution in [0.25, 0.3) is 11.1 Å². The van der Waals surface area contributed by atoms with Gasteiger partial charge in [-0.25, -0.2) is 4.79 Å². The summed E-state index contributed by atoms with van der Waals surface area (Å²) in [6, 6.07) is 11.2. The fourth-order valence-corrected chi connectivity index (χ4v) is 1.97. The first-order valence-corrected chi connectivity index (χ1v) is 5.88. The zero-order valence-electron chi connectivity index (χ0n) is 10.4. The topological polar surface area (TPSA) is 84.0 Å². The second-order valence-corrected chi connectivity index (χ2v) is 4.44. The summed E-state index contributed by atoms with van der Waals surface area (Å²) in [5, 5.41) is 3.20. The summed E-state index contributed by atoms with van der Waals surface area (Å²) in [5.74, 6) is -0.456. The maximum absolute atomic E-state index is 11.1. The lowest BCUT2D eigenvalue weighted by Gasteiger charge is -2.09. The van der Waals surface area contributed by atoms with Gasteiger partial charge in [-0.3, -0.25) is 4.98 Å². The molecule has 0 saturated heterocycles. The number of aromatic nitrogens is 1. The lowest BCUT2D eigenvalue weighted by Crippen LogP contribution is -1.96. The van der Waals surface area contributed by atoms with Gasteiger partial charge in [-0.1, -0.05) is 6.07 Å². The van der Waals surface area contributed by atoms with Gasteiger partial charge in [0.15, 0.2) is 5.58 Å². The first-order chi connectivity index (χ1) is 9.11. The van der Waals surface area contributed by atoms with Crippen molar-refractivity contribution in [3.8, 4) is 0 Å². The second-order valence-electron chi connectivity index (χ2n) is 4.44. The van der Waals surface area contributed by atoms with Crippen LogP contribution in [0.4, 0.5) is 17.1 Å². The minimum absolute atomic E-state index is 0.456. The molecular formula is C14H13N3O2. The van der Waals surface area contributed by atoms with Gasteiger partial charge in [0.05, 0.1) is 16.9 Å². The number of benzene rings is 2. The number of aryl methyl sites for hydroxylation is 1. The van der Waals surface area contributed by atoms with E-state index in [1.54, 1.807) is 12.1 Å². The van der Waals surface area contributed by atoms with E-state index in [9.17, 15) is 4.79 Å². The molecule has 1 heterocycles. The number of nitrogens with two attached hydrogens (primary N) is 1. The first-order valence-electron chi connectivity index (χ1n) is 5.88. The summed E-state index contributed by atoms with van der Waals surface area (Å²) in [6.45, 7) is 1.99. The van der Waals surface area contributed by atoms with Gasteiger partial charge in [-0.2, -0.15) is 0 Å². The number of aromatic amines is 1. The summed E-state index contributed by atoms with van der Waals surface area (Å²) in [6.07, 6.45) is 0. The van der Waals surface area contributed by atoms with Crippen molar-refractivity contribution in [2.75, 3.05) is 11.1 Å². The number of rotatable bonds is 2. The maximum Gasteiger partial charge on any atom is 0.417 e. The molecule has 0 radical (unpaired) electrons. The molecule has 0 saturated carbocycles. The fraction of sp³-hybridized carbons (Fsp3) is 0.0714. The maximum atomic E-state index is 11.1. The van der Waals surface area contributed by atoms with Gasteiger partial charge in [-0.15, -0.1) is 0 Å². The van der Waals surface area contributed by atoms with Crippen LogP contribution in [-0.4, -0.2) is 4.98 Å². The Bertz CT molecular complexity index is 802. The highest BCUT2D eigenvalue weighted by Gasteiger charge is 2.04. The molecule has 0 unspecified atom stereocenters. The minimum Gasteiger partial charge on any atom is -0.408 e. The van der Waals surface area contributed by atoms with E-state index >= 15 is 0 Å². The van der Waals surface area contributed by atoms with E-state index < -0.39 is 5.76 Å². The SMILES string of the molecule is Cc1ccc(Nc2ccc3[nH]c(=O)oc3c2)c(N)c1. The molecule has 19 heavy (non-hydrogen) atoms. The van der Waals surface area contributed by atoms with E-state index in [4.69, 9.17) is 10.2 Å². The molecule has 2 aromatic carbocycles. The third-order valence-electron chi connectivity index (χ3n) is 2.91. The Morgan fingerprint density at radius 2 is 2.05 bits per heavy atom. The van der Waals surface area contributed by atoms with Crippen molar-refractivity contribution >= 4 is 28.2 Å². The Balaban J connectivity index is 1.98. The molecule has 3 aromatic rings. The molecule has 1 aromatic heterocycles. The zero-order chi connectivity index (χ0) is 13.4. The molecular weight excluding hydrogens is 242 g/mol. The second kappa shape index (κ2) is 4.20. The third kappa shape index (κ3) is 2.18. The van der Waals surface area contributed by atoms with Crippen molar-refractivity contribution in [2.24, 2.45) is 0 Å². The van der Waals surface area contributed by atoms with Gasteiger partial charge in [0, 0.05) is 11.8 Å². The molecule has 4 N–H and O–H groups in total. The summed E-state index contributed by atoms with van der Waals surface area (Å²) in [5.41, 5.74) is 10.5. The number of oxazole rings is 1. The highest BCUT2D eigenvalue weighted by atomic mass is 16.4. The summed E-state index contributed by atoms with van der Waals surface area (Å²) >= 11 is 0. The molecule has 0 amide bonds. The van der Waals surface area contributed by atoms with Crippen LogP contribution in [0.1, 0.15) is 5.56 Å². The number of fused-ring (bicyclic) bond motifs is 1. The first kappa shape index (κ1) is 11.4. The van der Waals surface area contributed by atoms with Crippen LogP contribution in [-0.2, 0) is 0 Å². The number of hydrogen-bond donors (Lipinski definition) is 3. The van der Waals surface area contributed by atoms with Crippen LogP contribution < -0.4 is 16.8 Å². The molecule has 0 spiro atoms. The van der Waals surface area contributed by atoms with Crippen molar-refractivity contribution in [2.45, 2.75) is 6.92 Å². The summed E-state index contributed by atoms with van der Waals surface area (Å²) in [7, 11) is 0. The molecule has 0 aliphatic heterocycles. The van der Waals surface area contributed by atoms with Crippen LogP contribution in [0.3, 0.4) is 0 Å². The highest BCUT2D eigenvalue weighted by molar-refractivity contribution is 5.80. The van der Waals surface area contributed by atoms with Crippen molar-refractivity contribution in [3.05, 3.63) is 52.5 Å². The van der Waals surface area contributed by atoms with E-state index in [0.717, 1.165) is 16.9 Å². The van der Waals surface area contributed by atoms with Crippen LogP contribution in [0, 0.1) is 6.92 Å². The minimum atomic E-state index is -0.456. The van der Waals surface area contributed by atoms with Crippen molar-refractivity contribution in [3.63, 3.8) is 0 Å². The molecule has 5 nitrogen and oxygen atoms in total. The van der Waals surface area contributed by atoms with Crippen LogP contribution in [0.2, 0.25) is 0 Å². The highest BCUT2D eigenvalue weighted by Crippen LogP contribution is 2.25. The van der Waals surface area contributed by atoms with E-state index in [1.807, 2.05) is 31.2 Å². The predicted octanol–water partition coefficient (Wildman–Crippen LogP) is 2.76. The quantitative estimate of drug-likeness (QED) is 0.615. The van der Waals surface area contributed by atoms with Crippen molar-refractivity contribution in [1.82, 2.24) is 4.98 Å². The average molecular weight is 255 g/mol. The number of nitrogens with one attached hydrogen (secondary N) is 2. The van der Waals surface area contributed by atoms with Gasteiger partial charge in [-0.05, 0) is 36.8 Å². The monoisotopic (exact) mass is 255 g/mol. The molecule has 0 atom stereocenters. The van der Waals surface area contributed by atoms with Gasteiger partial charge >= 0.3 is 5.76 Å². The smallest absolute Gasteiger partial charge is 0.408 e. The average Bonchev–Trinajstić information content (AvgIpc) is 2.72. The van der Waals surface area contributed by atoms with Crippen LogP contribution in [0.15, 0.2) is 45.6 Å². The predicted molar refractivity (Wildman–Crippen MR) is 75.7 cm³/mol. The molecule has 5 heteroatoms. The standard InChI is InChI=1S/C14H13N3O2/c1-8-2-4-11(10(15)6-8)16-9-3-5-12-13(7-9)19-14(18)17-12/h2-7,16H,15H2,1H3,(H,17,18). The van der Waals surface area contributed by atoms with Crippen molar-refractivity contribution < 1.29 is 4.42 Å². The molecule has 0 aliphatic rings. The van der Waals surface area contributed by atoms with Crippen LogP contribution in [0.5, 0.6) is 0 Å². The van der Waals surface area contributed by atoms with Gasteiger partial charge in [0.25, 0.3) is 0 Å². The fourth-order valence-electron chi connectivity index (χ4n) is 1.97. The van der Waals surface area contributed by atoms with Gasteiger partial charge < -0.3 is 15.5 Å². The van der Waals surface area contributed by atoms with E-state index in [0.29, 0.717) is 16.8 Å². The van der Waals surface area contributed by atoms with Crippen molar-refractivity contribution in [1.29, 1.82) is 0 Å². The summed E-state index contributed by atoms with van der Waals surface area (Å²) in [4.78, 5) is 13.7. The number of nitrogen functional groups attached to an aromatic ring is 1. The van der Waals surface area contributed by atoms with Crippen LogP contribution >= 0.6 is 0 Å². The Hall–Kier alpha value is -2.69. The summed E-state index contributed by atoms with van der Waals surface area (Å²) < 4.78 is 5.01. The molecule has 3 rings (SSSR count). The Labute approximate surface area is 109 Å². The largest absolute Gasteiger partial charge is 0.417 e. The Morgan fingerprint density at radius 3 is 2.84 bits per heavy atom. The van der Waals surface area contributed by atoms with Gasteiger partial charge in [0.1, 0.15) is 0 Å². The van der Waals surface area contributed by atoms with Gasteiger partial charge in [0.2, 0.25) is 0 Å². The molecule has 0 fully saturated rings. The third-order valence-corrected chi connectivity index (χ3v) is 2.91. The number of hydrogen-bond acceptors (Lipinski definition) is 4.